The van der Waals surface area contributed by atoms with Gasteiger partial charge in [-0.2, -0.15) is 5.10 Å². The molecule has 2 aromatic rings. The highest BCUT2D eigenvalue weighted by molar-refractivity contribution is 7.91. The summed E-state index contributed by atoms with van der Waals surface area (Å²) in [5.74, 6) is -0.428. The topological polar surface area (TPSA) is 98.3 Å². The fourth-order valence-corrected chi connectivity index (χ4v) is 5.23. The molecular weight excluding hydrogens is 375 g/mol. The lowest BCUT2D eigenvalue weighted by molar-refractivity contribution is -0.384. The van der Waals surface area contributed by atoms with Crippen molar-refractivity contribution in [3.63, 3.8) is 0 Å². The molecule has 1 aromatic heterocycles. The number of hydrogen-bond donors (Lipinski definition) is 0. The number of aromatic nitrogens is 2. The molecule has 1 atom stereocenters. The summed E-state index contributed by atoms with van der Waals surface area (Å²) in [7, 11) is -1.34. The van der Waals surface area contributed by atoms with E-state index in [9.17, 15) is 22.9 Å². The Morgan fingerprint density at radius 1 is 1.41 bits per heavy atom. The third kappa shape index (κ3) is 3.80. The van der Waals surface area contributed by atoms with Gasteiger partial charge in [-0.1, -0.05) is 0 Å². The first-order valence-electron chi connectivity index (χ1n) is 8.49. The molecule has 0 saturated carbocycles. The molecule has 0 aliphatic carbocycles. The Balaban J connectivity index is 1.90. The minimum Gasteiger partial charge on any atom is -0.365 e. The first-order valence-corrected chi connectivity index (χ1v) is 10.3. The van der Waals surface area contributed by atoms with Crippen molar-refractivity contribution in [2.75, 3.05) is 23.5 Å². The van der Waals surface area contributed by atoms with Crippen molar-refractivity contribution < 1.29 is 17.7 Å². The minimum atomic E-state index is -3.03. The highest BCUT2D eigenvalue weighted by Crippen LogP contribution is 2.31. The molecule has 0 bridgehead atoms. The Bertz CT molecular complexity index is 1000. The van der Waals surface area contributed by atoms with Crippen LogP contribution in [0.15, 0.2) is 18.2 Å². The van der Waals surface area contributed by atoms with Crippen LogP contribution in [0.4, 0.5) is 15.8 Å². The van der Waals surface area contributed by atoms with Crippen molar-refractivity contribution in [3.8, 4) is 0 Å². The summed E-state index contributed by atoms with van der Waals surface area (Å²) >= 11 is 0. The number of hydrogen-bond acceptors (Lipinski definition) is 6. The second-order valence-corrected chi connectivity index (χ2v) is 9.13. The summed E-state index contributed by atoms with van der Waals surface area (Å²) in [5.41, 5.74) is 2.46. The Morgan fingerprint density at radius 2 is 2.11 bits per heavy atom. The standard InChI is InChI=1S/C17H21FN4O4S/c1-11-15(12(2)21(19-11)14-6-7-27(25,26)10-14)9-20(3)16-5-4-13(18)8-17(16)22(23)24/h4-5,8,14H,6-7,9-10H2,1-3H3/t14-/m1/s1. The van der Waals surface area contributed by atoms with E-state index < -0.39 is 20.6 Å². The summed E-state index contributed by atoms with van der Waals surface area (Å²) in [4.78, 5) is 12.3. The van der Waals surface area contributed by atoms with Gasteiger partial charge in [0.2, 0.25) is 0 Å². The minimum absolute atomic E-state index is 0.0771. The van der Waals surface area contributed by atoms with Gasteiger partial charge in [0.1, 0.15) is 11.5 Å². The van der Waals surface area contributed by atoms with Crippen molar-refractivity contribution in [3.05, 3.63) is 51.1 Å². The Labute approximate surface area is 156 Å². The highest BCUT2D eigenvalue weighted by Gasteiger charge is 2.31. The normalized spacial score (nSPS) is 18.6. The molecule has 1 saturated heterocycles. The lowest BCUT2D eigenvalue weighted by Gasteiger charge is -2.20. The molecule has 1 aliphatic heterocycles. The van der Waals surface area contributed by atoms with Crippen LogP contribution in [0.1, 0.15) is 29.4 Å². The lowest BCUT2D eigenvalue weighted by atomic mass is 10.1. The smallest absolute Gasteiger partial charge is 0.295 e. The summed E-state index contributed by atoms with van der Waals surface area (Å²) < 4.78 is 38.7. The summed E-state index contributed by atoms with van der Waals surface area (Å²) in [6.45, 7) is 4.03. The van der Waals surface area contributed by atoms with Crippen molar-refractivity contribution in [2.24, 2.45) is 0 Å². The number of rotatable bonds is 5. The zero-order chi connectivity index (χ0) is 19.9. The molecule has 10 heteroatoms. The third-order valence-corrected chi connectivity index (χ3v) is 6.72. The molecule has 1 aliphatic rings. The number of halogens is 1. The maximum Gasteiger partial charge on any atom is 0.295 e. The van der Waals surface area contributed by atoms with Crippen molar-refractivity contribution in [1.29, 1.82) is 0 Å². The van der Waals surface area contributed by atoms with Crippen LogP contribution in [0.25, 0.3) is 0 Å². The van der Waals surface area contributed by atoms with E-state index in [1.807, 2.05) is 13.8 Å². The van der Waals surface area contributed by atoms with Crippen LogP contribution in [0.2, 0.25) is 0 Å². The zero-order valence-corrected chi connectivity index (χ0v) is 16.2. The van der Waals surface area contributed by atoms with E-state index >= 15 is 0 Å². The molecule has 0 spiro atoms. The number of sulfone groups is 1. The van der Waals surface area contributed by atoms with Crippen LogP contribution in [0.5, 0.6) is 0 Å². The first kappa shape index (κ1) is 19.3. The van der Waals surface area contributed by atoms with Gasteiger partial charge in [-0.05, 0) is 32.4 Å². The number of nitrogens with zero attached hydrogens (tertiary/aromatic N) is 4. The highest BCUT2D eigenvalue weighted by atomic mass is 32.2. The van der Waals surface area contributed by atoms with Crippen molar-refractivity contribution in [2.45, 2.75) is 32.9 Å². The summed E-state index contributed by atoms with van der Waals surface area (Å²) in [6, 6.07) is 3.28. The monoisotopic (exact) mass is 396 g/mol. The number of nitro groups is 1. The van der Waals surface area contributed by atoms with Crippen LogP contribution in [0, 0.1) is 29.8 Å². The van der Waals surface area contributed by atoms with E-state index in [-0.39, 0.29) is 23.2 Å². The molecular formula is C17H21FN4O4S. The summed E-state index contributed by atoms with van der Waals surface area (Å²) in [5, 5.41) is 15.8. The fourth-order valence-electron chi connectivity index (χ4n) is 3.54. The largest absolute Gasteiger partial charge is 0.365 e. The maximum absolute atomic E-state index is 13.4. The van der Waals surface area contributed by atoms with Crippen LogP contribution in [-0.4, -0.2) is 41.7 Å². The van der Waals surface area contributed by atoms with Gasteiger partial charge in [-0.15, -0.1) is 0 Å². The maximum atomic E-state index is 13.4. The van der Waals surface area contributed by atoms with E-state index in [1.54, 1.807) is 16.6 Å². The Hall–Kier alpha value is -2.49. The zero-order valence-electron chi connectivity index (χ0n) is 15.3. The molecule has 1 aromatic carbocycles. The Morgan fingerprint density at radius 3 is 2.70 bits per heavy atom. The van der Waals surface area contributed by atoms with E-state index in [2.05, 4.69) is 5.10 Å². The van der Waals surface area contributed by atoms with Gasteiger partial charge in [0, 0.05) is 24.8 Å². The second-order valence-electron chi connectivity index (χ2n) is 6.90. The quantitative estimate of drug-likeness (QED) is 0.569. The van der Waals surface area contributed by atoms with Gasteiger partial charge in [-0.25, -0.2) is 12.8 Å². The molecule has 0 radical (unpaired) electrons. The number of anilines is 1. The number of benzene rings is 1. The number of nitro benzene ring substituents is 1. The predicted octanol–water partition coefficient (Wildman–Crippen LogP) is 2.54. The van der Waals surface area contributed by atoms with Crippen LogP contribution in [-0.2, 0) is 16.4 Å². The van der Waals surface area contributed by atoms with Gasteiger partial charge < -0.3 is 4.90 Å². The van der Waals surface area contributed by atoms with Crippen LogP contribution >= 0.6 is 0 Å². The van der Waals surface area contributed by atoms with Crippen LogP contribution < -0.4 is 4.90 Å². The van der Waals surface area contributed by atoms with E-state index in [0.717, 1.165) is 23.0 Å². The third-order valence-electron chi connectivity index (χ3n) is 4.97. The van der Waals surface area contributed by atoms with Gasteiger partial charge in [-0.3, -0.25) is 14.8 Å². The van der Waals surface area contributed by atoms with Gasteiger partial charge >= 0.3 is 0 Å². The van der Waals surface area contributed by atoms with Gasteiger partial charge in [0.15, 0.2) is 9.84 Å². The number of aryl methyl sites for hydroxylation is 1. The van der Waals surface area contributed by atoms with Crippen molar-refractivity contribution in [1.82, 2.24) is 9.78 Å². The first-order chi connectivity index (χ1) is 12.6. The SMILES string of the molecule is Cc1nn([C@@H]2CCS(=O)(=O)C2)c(C)c1CN(C)c1ccc(F)cc1[N+](=O)[O-]. The molecule has 146 valence electrons. The second kappa shape index (κ2) is 6.91. The van der Waals surface area contributed by atoms with E-state index in [0.29, 0.717) is 18.7 Å². The molecule has 1 fully saturated rings. The van der Waals surface area contributed by atoms with Gasteiger partial charge in [0.05, 0.1) is 34.2 Å². The fraction of sp³-hybridized carbons (Fsp3) is 0.471. The molecule has 2 heterocycles. The molecule has 27 heavy (non-hydrogen) atoms. The predicted molar refractivity (Wildman–Crippen MR) is 99.2 cm³/mol. The average Bonchev–Trinajstić information content (AvgIpc) is 3.08. The molecule has 8 nitrogen and oxygen atoms in total. The molecule has 0 N–H and O–H groups in total. The van der Waals surface area contributed by atoms with E-state index in [1.165, 1.54) is 12.1 Å². The lowest BCUT2D eigenvalue weighted by Crippen LogP contribution is -2.19. The Kier molecular flexibility index (Phi) is 4.94. The molecule has 0 amide bonds. The van der Waals surface area contributed by atoms with Gasteiger partial charge in [0.25, 0.3) is 5.69 Å². The van der Waals surface area contributed by atoms with Crippen LogP contribution in [0.3, 0.4) is 0 Å². The average molecular weight is 396 g/mol. The van der Waals surface area contributed by atoms with E-state index in [4.69, 9.17) is 0 Å². The molecule has 3 rings (SSSR count). The molecule has 0 unspecified atom stereocenters. The summed E-state index contributed by atoms with van der Waals surface area (Å²) in [6.07, 6.45) is 0.531. The van der Waals surface area contributed by atoms with Crippen molar-refractivity contribution >= 4 is 21.2 Å².